The summed E-state index contributed by atoms with van der Waals surface area (Å²) in [5.41, 5.74) is 0. The molecule has 0 unspecified atom stereocenters. The van der Waals surface area contributed by atoms with Gasteiger partial charge in [-0.05, 0) is 12.8 Å². The lowest BCUT2D eigenvalue weighted by molar-refractivity contribution is -0.152. The van der Waals surface area contributed by atoms with Crippen molar-refractivity contribution in [1.82, 2.24) is 10.2 Å². The van der Waals surface area contributed by atoms with Crippen LogP contribution < -0.4 is 5.32 Å². The third-order valence-electron chi connectivity index (χ3n) is 4.16. The maximum atomic E-state index is 12.1. The van der Waals surface area contributed by atoms with Crippen molar-refractivity contribution in [3.8, 4) is 0 Å². The first-order valence-corrected chi connectivity index (χ1v) is 8.51. The van der Waals surface area contributed by atoms with Gasteiger partial charge in [-0.3, -0.25) is 14.5 Å². The van der Waals surface area contributed by atoms with E-state index in [0.29, 0.717) is 24.3 Å². The predicted octanol–water partition coefficient (Wildman–Crippen LogP) is 0.544. The molecule has 0 aliphatic carbocycles. The normalized spacial score (nSPS) is 28.4. The molecule has 130 valence electrons. The Kier molecular flexibility index (Phi) is 4.81. The van der Waals surface area contributed by atoms with Crippen molar-refractivity contribution in [2.75, 3.05) is 19.8 Å². The highest BCUT2D eigenvalue weighted by atomic mass is 32.2. The minimum Gasteiger partial charge on any atom is -0.430 e. The molecule has 2 N–H and O–H groups in total. The van der Waals surface area contributed by atoms with Crippen LogP contribution in [0.5, 0.6) is 0 Å². The summed E-state index contributed by atoms with van der Waals surface area (Å²) >= 11 is 1.35. The van der Waals surface area contributed by atoms with E-state index in [0.717, 1.165) is 0 Å². The summed E-state index contributed by atoms with van der Waals surface area (Å²) in [5, 5.41) is 11.8. The zero-order chi connectivity index (χ0) is 17.3. The Morgan fingerprint density at radius 1 is 1.50 bits per heavy atom. The molecule has 3 aliphatic rings. The van der Waals surface area contributed by atoms with Crippen LogP contribution in [0, 0.1) is 11.8 Å². The molecule has 8 nitrogen and oxygen atoms in total. The van der Waals surface area contributed by atoms with Gasteiger partial charge in [-0.15, -0.1) is 0 Å². The first-order valence-electron chi connectivity index (χ1n) is 7.63. The molecule has 0 radical (unpaired) electrons. The number of aliphatic hydroxyl groups is 1. The van der Waals surface area contributed by atoms with Crippen LogP contribution in [0.2, 0.25) is 0 Å². The number of hydrogen-bond acceptors (Lipinski definition) is 7. The number of carbonyl (C=O) groups is 3. The lowest BCUT2D eigenvalue weighted by Gasteiger charge is -2.40. The van der Waals surface area contributed by atoms with Crippen molar-refractivity contribution < 1.29 is 29.0 Å². The number of fused-ring (bicyclic) bond motifs is 1. The molecule has 9 heteroatoms. The Bertz CT molecular complexity index is 619. The van der Waals surface area contributed by atoms with Crippen LogP contribution in [0.1, 0.15) is 12.8 Å². The fourth-order valence-electron chi connectivity index (χ4n) is 2.91. The Labute approximate surface area is 142 Å². The number of aliphatic hydroxyl groups excluding tert-OH is 1. The summed E-state index contributed by atoms with van der Waals surface area (Å²) in [7, 11) is 0. The molecule has 0 aromatic carbocycles. The highest BCUT2D eigenvalue weighted by molar-refractivity contribution is 8.04. The molecule has 0 saturated carbocycles. The molecule has 3 heterocycles. The Morgan fingerprint density at radius 3 is 2.92 bits per heavy atom. The molecule has 3 aliphatic heterocycles. The monoisotopic (exact) mass is 354 g/mol. The maximum absolute atomic E-state index is 12.1. The summed E-state index contributed by atoms with van der Waals surface area (Å²) in [6, 6.07) is 0. The van der Waals surface area contributed by atoms with Crippen LogP contribution >= 0.6 is 11.8 Å². The fraction of sp³-hybridized carbons (Fsp3) is 0.533. The van der Waals surface area contributed by atoms with Crippen molar-refractivity contribution in [2.24, 2.45) is 11.8 Å². The number of thioether (sulfide) groups is 1. The van der Waals surface area contributed by atoms with Crippen LogP contribution in [0.15, 0.2) is 23.4 Å². The van der Waals surface area contributed by atoms with Gasteiger partial charge in [-0.2, -0.15) is 0 Å². The second-order valence-electron chi connectivity index (χ2n) is 5.67. The highest BCUT2D eigenvalue weighted by Crippen LogP contribution is 2.51. The Hall–Kier alpha value is -2.00. The van der Waals surface area contributed by atoms with E-state index in [4.69, 9.17) is 9.47 Å². The molecule has 2 fully saturated rings. The van der Waals surface area contributed by atoms with E-state index >= 15 is 0 Å². The van der Waals surface area contributed by atoms with E-state index in [1.807, 2.05) is 0 Å². The van der Waals surface area contributed by atoms with Crippen LogP contribution in [0.4, 0.5) is 4.79 Å². The SMILES string of the molecule is C=CCOC(=O)OC1=C(C[C@@H]2CCNC2=O)S[C@@H]2[C@@H](CO)C(=O)N12. The molecule has 0 spiro atoms. The van der Waals surface area contributed by atoms with E-state index < -0.39 is 12.1 Å². The maximum Gasteiger partial charge on any atom is 0.515 e. The number of carbonyl (C=O) groups excluding carboxylic acids is 3. The number of hydrogen-bond donors (Lipinski definition) is 2. The third-order valence-corrected chi connectivity index (χ3v) is 5.57. The smallest absolute Gasteiger partial charge is 0.430 e. The predicted molar refractivity (Wildman–Crippen MR) is 84.2 cm³/mol. The molecule has 24 heavy (non-hydrogen) atoms. The van der Waals surface area contributed by atoms with Crippen molar-refractivity contribution in [3.63, 3.8) is 0 Å². The topological polar surface area (TPSA) is 105 Å². The van der Waals surface area contributed by atoms with Crippen molar-refractivity contribution in [2.45, 2.75) is 18.2 Å². The first kappa shape index (κ1) is 16.8. The van der Waals surface area contributed by atoms with Gasteiger partial charge in [0, 0.05) is 17.4 Å². The van der Waals surface area contributed by atoms with Crippen molar-refractivity contribution >= 4 is 29.7 Å². The average Bonchev–Trinajstić information content (AvgIpc) is 3.09. The molecule has 2 saturated heterocycles. The number of β-lactam (4-membered cyclic amide) rings is 1. The van der Waals surface area contributed by atoms with Gasteiger partial charge in [0.2, 0.25) is 17.7 Å². The zero-order valence-corrected chi connectivity index (χ0v) is 13.7. The zero-order valence-electron chi connectivity index (χ0n) is 12.9. The third kappa shape index (κ3) is 2.89. The van der Waals surface area contributed by atoms with E-state index in [-0.39, 0.29) is 42.2 Å². The first-order chi connectivity index (χ1) is 11.6. The number of rotatable bonds is 6. The summed E-state index contributed by atoms with van der Waals surface area (Å²) < 4.78 is 10.0. The lowest BCUT2D eigenvalue weighted by Crippen LogP contribution is -2.58. The molecular formula is C15H18N2O6S. The second kappa shape index (κ2) is 6.86. The number of allylic oxidation sites excluding steroid dienone is 1. The Morgan fingerprint density at radius 2 is 2.29 bits per heavy atom. The van der Waals surface area contributed by atoms with E-state index in [1.165, 1.54) is 22.7 Å². The van der Waals surface area contributed by atoms with Gasteiger partial charge in [-0.1, -0.05) is 24.4 Å². The highest BCUT2D eigenvalue weighted by Gasteiger charge is 2.55. The number of nitrogens with one attached hydrogen (secondary N) is 1. The fourth-order valence-corrected chi connectivity index (χ4v) is 4.42. The number of nitrogens with zero attached hydrogens (tertiary/aromatic N) is 1. The summed E-state index contributed by atoms with van der Waals surface area (Å²) in [4.78, 5) is 37.6. The van der Waals surface area contributed by atoms with Crippen LogP contribution in [-0.2, 0) is 19.1 Å². The summed E-state index contributed by atoms with van der Waals surface area (Å²) in [6.45, 7) is 3.79. The largest absolute Gasteiger partial charge is 0.515 e. The van der Waals surface area contributed by atoms with E-state index in [1.54, 1.807) is 0 Å². The van der Waals surface area contributed by atoms with Crippen molar-refractivity contribution in [1.29, 1.82) is 0 Å². The minimum absolute atomic E-state index is 0.00371. The standard InChI is InChI=1S/C15H18N2O6S/c1-2-5-22-15(21)23-13-10(6-8-3-4-16-11(8)19)24-14-9(7-18)12(20)17(13)14/h2,8-9,14,18H,1,3-7H2,(H,16,19)/t8-,9-,14+/m0/s1. The van der Waals surface area contributed by atoms with Gasteiger partial charge < -0.3 is 19.9 Å². The van der Waals surface area contributed by atoms with E-state index in [9.17, 15) is 19.5 Å². The van der Waals surface area contributed by atoms with Gasteiger partial charge in [0.1, 0.15) is 12.0 Å². The molecule has 0 aromatic rings. The lowest BCUT2D eigenvalue weighted by atomic mass is 9.99. The van der Waals surface area contributed by atoms with Gasteiger partial charge >= 0.3 is 6.16 Å². The van der Waals surface area contributed by atoms with Gasteiger partial charge in [0.05, 0.1) is 12.5 Å². The van der Waals surface area contributed by atoms with Gasteiger partial charge in [0.15, 0.2) is 0 Å². The van der Waals surface area contributed by atoms with Crippen molar-refractivity contribution in [3.05, 3.63) is 23.4 Å². The second-order valence-corrected chi connectivity index (χ2v) is 6.88. The molecular weight excluding hydrogens is 336 g/mol. The summed E-state index contributed by atoms with van der Waals surface area (Å²) in [6.07, 6.45) is 1.56. The quantitative estimate of drug-likeness (QED) is 0.407. The molecule has 0 bridgehead atoms. The molecule has 2 amide bonds. The number of amides is 2. The minimum atomic E-state index is -0.931. The number of ether oxygens (including phenoxy) is 2. The van der Waals surface area contributed by atoms with Gasteiger partial charge in [-0.25, -0.2) is 4.79 Å². The van der Waals surface area contributed by atoms with Crippen LogP contribution in [0.3, 0.4) is 0 Å². The van der Waals surface area contributed by atoms with Crippen LogP contribution in [-0.4, -0.2) is 53.1 Å². The van der Waals surface area contributed by atoms with E-state index in [2.05, 4.69) is 11.9 Å². The average molecular weight is 354 g/mol. The summed E-state index contributed by atoms with van der Waals surface area (Å²) in [5.74, 6) is -0.957. The molecule has 0 aromatic heterocycles. The molecule has 3 atom stereocenters. The van der Waals surface area contributed by atoms with Crippen LogP contribution in [0.25, 0.3) is 0 Å². The van der Waals surface area contributed by atoms with Gasteiger partial charge in [0.25, 0.3) is 0 Å². The Balaban J connectivity index is 1.77. The molecule has 3 rings (SSSR count).